The van der Waals surface area contributed by atoms with E-state index in [9.17, 15) is 4.79 Å². The van der Waals surface area contributed by atoms with Crippen LogP contribution in [0, 0.1) is 0 Å². The van der Waals surface area contributed by atoms with Crippen LogP contribution in [0.4, 0.5) is 0 Å². The topological polar surface area (TPSA) is 62.2 Å². The van der Waals surface area contributed by atoms with Gasteiger partial charge in [-0.3, -0.25) is 4.98 Å². The van der Waals surface area contributed by atoms with Crippen LogP contribution in [0.1, 0.15) is 6.92 Å². The fourth-order valence-corrected chi connectivity index (χ4v) is 2.50. The maximum atomic E-state index is 10.8. The molecule has 0 aliphatic heterocycles. The molecule has 0 bridgehead atoms. The molecule has 0 atom stereocenters. The first-order valence-corrected chi connectivity index (χ1v) is 7.44. The summed E-state index contributed by atoms with van der Waals surface area (Å²) in [6.07, 6.45) is 6.61. The van der Waals surface area contributed by atoms with Gasteiger partial charge >= 0.3 is 5.97 Å². The van der Waals surface area contributed by atoms with Gasteiger partial charge < -0.3 is 9.83 Å². The molecule has 22 heavy (non-hydrogen) atoms. The number of benzene rings is 1. The van der Waals surface area contributed by atoms with Crippen molar-refractivity contribution in [2.24, 2.45) is 0 Å². The minimum atomic E-state index is -0.939. The summed E-state index contributed by atoms with van der Waals surface area (Å²) in [6.45, 7) is 5.26. The second kappa shape index (κ2) is 7.47. The van der Waals surface area contributed by atoms with Crippen molar-refractivity contribution in [3.63, 3.8) is 0 Å². The highest BCUT2D eigenvalue weighted by atomic mass is 32.2. The molecular formula is C17H16N2O2S. The first kappa shape index (κ1) is 15.9. The van der Waals surface area contributed by atoms with Crippen LogP contribution >= 0.6 is 11.9 Å². The predicted octanol–water partition coefficient (Wildman–Crippen LogP) is 3.93. The Morgan fingerprint density at radius 3 is 2.82 bits per heavy atom. The number of aromatic nitrogens is 1. The summed E-state index contributed by atoms with van der Waals surface area (Å²) in [5.74, 6) is -0.939. The van der Waals surface area contributed by atoms with Gasteiger partial charge in [0, 0.05) is 22.9 Å². The Bertz CT molecular complexity index is 761. The molecule has 0 fully saturated rings. The van der Waals surface area contributed by atoms with Gasteiger partial charge in [0.2, 0.25) is 0 Å². The van der Waals surface area contributed by atoms with Gasteiger partial charge in [0.05, 0.1) is 10.4 Å². The van der Waals surface area contributed by atoms with Crippen LogP contribution in [-0.4, -0.2) is 16.1 Å². The van der Waals surface area contributed by atoms with Crippen molar-refractivity contribution in [2.45, 2.75) is 11.8 Å². The van der Waals surface area contributed by atoms with Gasteiger partial charge in [-0.1, -0.05) is 30.9 Å². The number of pyridine rings is 1. The number of hydrogen-bond acceptors (Lipinski definition) is 4. The quantitative estimate of drug-likeness (QED) is 0.481. The molecule has 0 spiro atoms. The maximum absolute atomic E-state index is 10.8. The van der Waals surface area contributed by atoms with Crippen LogP contribution in [0.3, 0.4) is 0 Å². The highest BCUT2D eigenvalue weighted by Crippen LogP contribution is 2.24. The number of carbonyl (C=O) groups is 1. The molecule has 5 heteroatoms. The van der Waals surface area contributed by atoms with E-state index in [1.165, 1.54) is 18.0 Å². The lowest BCUT2D eigenvalue weighted by atomic mass is 10.2. The minimum absolute atomic E-state index is 0.262. The van der Waals surface area contributed by atoms with Crippen LogP contribution < -0.4 is 4.72 Å². The summed E-state index contributed by atoms with van der Waals surface area (Å²) in [5, 5.41) is 9.91. The molecule has 1 aromatic carbocycles. The molecule has 0 radical (unpaired) electrons. The summed E-state index contributed by atoms with van der Waals surface area (Å²) in [4.78, 5) is 16.1. The van der Waals surface area contributed by atoms with Crippen LogP contribution in [0.5, 0.6) is 0 Å². The zero-order valence-electron chi connectivity index (χ0n) is 12.1. The first-order chi connectivity index (χ1) is 10.6. The Morgan fingerprint density at radius 2 is 2.09 bits per heavy atom. The first-order valence-electron chi connectivity index (χ1n) is 6.62. The minimum Gasteiger partial charge on any atom is -0.478 e. The largest absolute Gasteiger partial charge is 0.478 e. The average molecular weight is 312 g/mol. The number of para-hydroxylation sites is 1. The Balaban J connectivity index is 2.16. The third-order valence-corrected chi connectivity index (χ3v) is 3.83. The lowest BCUT2D eigenvalue weighted by molar-refractivity contribution is -0.132. The van der Waals surface area contributed by atoms with E-state index in [2.05, 4.69) is 16.3 Å². The molecule has 0 amide bonds. The lowest BCUT2D eigenvalue weighted by Crippen LogP contribution is -2.01. The van der Waals surface area contributed by atoms with E-state index in [1.807, 2.05) is 30.3 Å². The Morgan fingerprint density at radius 1 is 1.32 bits per heavy atom. The molecule has 0 saturated heterocycles. The molecule has 0 unspecified atom stereocenters. The lowest BCUT2D eigenvalue weighted by Gasteiger charge is -2.07. The monoisotopic (exact) mass is 312 g/mol. The fraction of sp³-hybridized carbons (Fsp3) is 0.0588. The van der Waals surface area contributed by atoms with Gasteiger partial charge in [-0.25, -0.2) is 4.79 Å². The third kappa shape index (κ3) is 3.99. The van der Waals surface area contributed by atoms with Gasteiger partial charge in [-0.05, 0) is 43.2 Å². The van der Waals surface area contributed by atoms with E-state index >= 15 is 0 Å². The zero-order chi connectivity index (χ0) is 15.9. The van der Waals surface area contributed by atoms with Crippen molar-refractivity contribution in [1.29, 1.82) is 0 Å². The number of nitrogens with one attached hydrogen (secondary N) is 1. The Kier molecular flexibility index (Phi) is 5.38. The molecule has 0 aliphatic carbocycles. The van der Waals surface area contributed by atoms with Gasteiger partial charge in [-0.15, -0.1) is 0 Å². The highest BCUT2D eigenvalue weighted by Gasteiger charge is 2.03. The molecule has 0 aliphatic rings. The van der Waals surface area contributed by atoms with Gasteiger partial charge in [0.15, 0.2) is 0 Å². The average Bonchev–Trinajstić information content (AvgIpc) is 2.54. The summed E-state index contributed by atoms with van der Waals surface area (Å²) in [6, 6.07) is 9.87. The van der Waals surface area contributed by atoms with Gasteiger partial charge in [0.25, 0.3) is 0 Å². The predicted molar refractivity (Wildman–Crippen MR) is 90.4 cm³/mol. The number of fused-ring (bicyclic) bond motifs is 1. The molecule has 2 aromatic rings. The smallest absolute Gasteiger partial charge is 0.331 e. The molecule has 1 heterocycles. The van der Waals surface area contributed by atoms with Crippen molar-refractivity contribution in [2.75, 3.05) is 0 Å². The number of hydrogen-bond donors (Lipinski definition) is 2. The molecule has 112 valence electrons. The maximum Gasteiger partial charge on any atom is 0.331 e. The van der Waals surface area contributed by atoms with E-state index in [4.69, 9.17) is 5.11 Å². The molecule has 4 nitrogen and oxygen atoms in total. The normalized spacial score (nSPS) is 12.2. The SMILES string of the molecule is C=C/C(=C\C=C(/C)C(=O)O)NSc1cccc2cccnc12. The summed E-state index contributed by atoms with van der Waals surface area (Å²) >= 11 is 1.41. The summed E-state index contributed by atoms with van der Waals surface area (Å²) in [5.41, 5.74) is 1.90. The van der Waals surface area contributed by atoms with Gasteiger partial charge in [-0.2, -0.15) is 0 Å². The molecule has 2 N–H and O–H groups in total. The molecule has 1 aromatic heterocycles. The van der Waals surface area contributed by atoms with Crippen molar-refractivity contribution in [1.82, 2.24) is 9.71 Å². The van der Waals surface area contributed by atoms with Crippen LogP contribution in [-0.2, 0) is 4.79 Å². The van der Waals surface area contributed by atoms with Crippen LogP contribution in [0.25, 0.3) is 10.9 Å². The van der Waals surface area contributed by atoms with E-state index in [-0.39, 0.29) is 5.57 Å². The van der Waals surface area contributed by atoms with Crippen molar-refractivity contribution in [3.05, 3.63) is 72.6 Å². The molecule has 2 rings (SSSR count). The Labute approximate surface area is 133 Å². The highest BCUT2D eigenvalue weighted by molar-refractivity contribution is 7.97. The van der Waals surface area contributed by atoms with Crippen molar-refractivity contribution >= 4 is 28.8 Å². The van der Waals surface area contributed by atoms with Crippen molar-refractivity contribution < 1.29 is 9.90 Å². The Hall–Kier alpha value is -2.53. The van der Waals surface area contributed by atoms with Crippen LogP contribution in [0.15, 0.2) is 77.5 Å². The van der Waals surface area contributed by atoms with E-state index in [0.29, 0.717) is 0 Å². The van der Waals surface area contributed by atoms with E-state index in [1.54, 1.807) is 25.3 Å². The standard InChI is InChI=1S/C17H16N2O2S/c1-3-14(10-9-12(2)17(20)21)19-22-15-8-4-6-13-7-5-11-18-16(13)15/h3-11,19H,1H2,2H3,(H,20,21)/b12-9+,14-10+. The number of aliphatic carboxylic acids is 1. The number of nitrogens with zero attached hydrogens (tertiary/aromatic N) is 1. The fourth-order valence-electron chi connectivity index (χ4n) is 1.70. The third-order valence-electron chi connectivity index (χ3n) is 2.94. The molecule has 0 saturated carbocycles. The summed E-state index contributed by atoms with van der Waals surface area (Å²) in [7, 11) is 0. The number of carboxylic acids is 1. The number of allylic oxidation sites excluding steroid dienone is 3. The second-order valence-electron chi connectivity index (χ2n) is 4.52. The van der Waals surface area contributed by atoms with E-state index in [0.717, 1.165) is 21.5 Å². The zero-order valence-corrected chi connectivity index (χ0v) is 12.9. The number of rotatable bonds is 6. The number of carboxylic acid groups (broad SMARTS) is 1. The van der Waals surface area contributed by atoms with Crippen molar-refractivity contribution in [3.8, 4) is 0 Å². The molecular weight excluding hydrogens is 296 g/mol. The van der Waals surface area contributed by atoms with Crippen LogP contribution in [0.2, 0.25) is 0 Å². The summed E-state index contributed by atoms with van der Waals surface area (Å²) < 4.78 is 3.15. The second-order valence-corrected chi connectivity index (χ2v) is 5.36. The van der Waals surface area contributed by atoms with E-state index < -0.39 is 5.97 Å². The van der Waals surface area contributed by atoms with Gasteiger partial charge in [0.1, 0.15) is 0 Å².